The summed E-state index contributed by atoms with van der Waals surface area (Å²) in [5.74, 6) is 0.145. The van der Waals surface area contributed by atoms with Crippen LogP contribution >= 0.6 is 0 Å². The summed E-state index contributed by atoms with van der Waals surface area (Å²) in [4.78, 5) is 26.7. The van der Waals surface area contributed by atoms with E-state index in [0.717, 1.165) is 23.2 Å². The van der Waals surface area contributed by atoms with Crippen LogP contribution in [0.2, 0.25) is 0 Å². The number of aryl methyl sites for hydroxylation is 1. The molecule has 2 rings (SSSR count). The van der Waals surface area contributed by atoms with E-state index in [2.05, 4.69) is 4.99 Å². The lowest BCUT2D eigenvalue weighted by molar-refractivity contribution is -0.118. The molecule has 82 valence electrons. The number of anilines is 1. The van der Waals surface area contributed by atoms with Gasteiger partial charge in [0.2, 0.25) is 12.0 Å². The Balaban J connectivity index is 2.33. The number of aliphatic imine (C=N–C) groups is 1. The van der Waals surface area contributed by atoms with Crippen molar-refractivity contribution in [1.82, 2.24) is 0 Å². The molecular weight excluding hydrogens is 204 g/mol. The van der Waals surface area contributed by atoms with E-state index in [1.165, 1.54) is 6.08 Å². The molecule has 4 nitrogen and oxygen atoms in total. The maximum atomic E-state index is 11.5. The summed E-state index contributed by atoms with van der Waals surface area (Å²) < 4.78 is 0. The molecule has 1 heterocycles. The lowest BCUT2D eigenvalue weighted by atomic mass is 9.99. The average Bonchev–Trinajstić information content (AvgIpc) is 2.31. The van der Waals surface area contributed by atoms with Gasteiger partial charge in [-0.2, -0.15) is 0 Å². The van der Waals surface area contributed by atoms with Gasteiger partial charge in [-0.05, 0) is 23.6 Å². The number of fused-ring (bicyclic) bond motifs is 1. The minimum absolute atomic E-state index is 0.145. The monoisotopic (exact) mass is 216 g/mol. The summed E-state index contributed by atoms with van der Waals surface area (Å²) in [5.41, 5.74) is 3.07. The Morgan fingerprint density at radius 3 is 3.00 bits per heavy atom. The molecule has 1 aliphatic rings. The fourth-order valence-electron chi connectivity index (χ4n) is 1.93. The van der Waals surface area contributed by atoms with E-state index in [-0.39, 0.29) is 5.91 Å². The quantitative estimate of drug-likeness (QED) is 0.554. The first kappa shape index (κ1) is 10.6. The highest BCUT2D eigenvalue weighted by molar-refractivity contribution is 5.95. The molecule has 4 heteroatoms. The molecule has 1 aromatic rings. The molecule has 0 spiro atoms. The minimum Gasteiger partial charge on any atom is -0.315 e. The van der Waals surface area contributed by atoms with Gasteiger partial charge in [0.15, 0.2) is 0 Å². The minimum atomic E-state index is 0.145. The second-order valence-corrected chi connectivity index (χ2v) is 3.82. The first-order valence-electron chi connectivity index (χ1n) is 5.14. The number of carbonyl (C=O) groups excluding carboxylic acids is 2. The number of hydrogen-bond donors (Lipinski definition) is 0. The van der Waals surface area contributed by atoms with Gasteiger partial charge in [-0.3, -0.25) is 4.79 Å². The van der Waals surface area contributed by atoms with Gasteiger partial charge in [0.25, 0.3) is 0 Å². The second kappa shape index (κ2) is 4.29. The first-order valence-corrected chi connectivity index (χ1v) is 5.14. The Hall–Kier alpha value is -1.93. The molecule has 0 fully saturated rings. The maximum absolute atomic E-state index is 11.5. The van der Waals surface area contributed by atoms with Gasteiger partial charge in [-0.1, -0.05) is 12.1 Å². The summed E-state index contributed by atoms with van der Waals surface area (Å²) in [6, 6.07) is 5.79. The molecule has 1 aliphatic heterocycles. The zero-order valence-corrected chi connectivity index (χ0v) is 9.06. The van der Waals surface area contributed by atoms with Crippen LogP contribution in [0.25, 0.3) is 0 Å². The highest BCUT2D eigenvalue weighted by atomic mass is 16.2. The highest BCUT2D eigenvalue weighted by Gasteiger charge is 2.20. The van der Waals surface area contributed by atoms with Crippen molar-refractivity contribution in [3.05, 3.63) is 29.3 Å². The molecule has 0 saturated carbocycles. The normalized spacial score (nSPS) is 14.3. The van der Waals surface area contributed by atoms with Crippen LogP contribution in [0.15, 0.2) is 23.2 Å². The average molecular weight is 216 g/mol. The molecule has 0 aromatic heterocycles. The van der Waals surface area contributed by atoms with Crippen molar-refractivity contribution in [2.45, 2.75) is 19.4 Å². The Kier molecular flexibility index (Phi) is 2.84. The largest absolute Gasteiger partial charge is 0.315 e. The number of hydrogen-bond acceptors (Lipinski definition) is 3. The van der Waals surface area contributed by atoms with E-state index in [0.29, 0.717) is 13.0 Å². The summed E-state index contributed by atoms with van der Waals surface area (Å²) >= 11 is 0. The van der Waals surface area contributed by atoms with Crippen molar-refractivity contribution < 1.29 is 9.59 Å². The maximum Gasteiger partial charge on any atom is 0.235 e. The van der Waals surface area contributed by atoms with E-state index in [4.69, 9.17) is 0 Å². The Labute approximate surface area is 93.6 Å². The second-order valence-electron chi connectivity index (χ2n) is 3.82. The molecule has 1 aromatic carbocycles. The fourth-order valence-corrected chi connectivity index (χ4v) is 1.93. The van der Waals surface area contributed by atoms with Gasteiger partial charge in [0, 0.05) is 19.2 Å². The van der Waals surface area contributed by atoms with Crippen LogP contribution in [-0.2, 0) is 22.6 Å². The molecule has 0 aliphatic carbocycles. The van der Waals surface area contributed by atoms with Crippen molar-refractivity contribution in [3.63, 3.8) is 0 Å². The van der Waals surface area contributed by atoms with Crippen molar-refractivity contribution in [2.24, 2.45) is 4.99 Å². The summed E-state index contributed by atoms with van der Waals surface area (Å²) in [6.07, 6.45) is 2.83. The molecule has 0 atom stereocenters. The standard InChI is InChI=1S/C12H12N2O2/c1-14-11-4-2-9(7-13-8-15)6-10(11)3-5-12(14)16/h2,4,6H,3,5,7H2,1H3. The Morgan fingerprint density at radius 2 is 2.25 bits per heavy atom. The van der Waals surface area contributed by atoms with Gasteiger partial charge >= 0.3 is 0 Å². The van der Waals surface area contributed by atoms with Gasteiger partial charge in [0.1, 0.15) is 0 Å². The predicted octanol–water partition coefficient (Wildman–Crippen LogP) is 1.43. The van der Waals surface area contributed by atoms with E-state index >= 15 is 0 Å². The van der Waals surface area contributed by atoms with Crippen molar-refractivity contribution in [3.8, 4) is 0 Å². The molecule has 0 bridgehead atoms. The van der Waals surface area contributed by atoms with Gasteiger partial charge in [-0.15, -0.1) is 0 Å². The van der Waals surface area contributed by atoms with Crippen LogP contribution in [0.1, 0.15) is 17.5 Å². The molecule has 0 saturated heterocycles. The van der Waals surface area contributed by atoms with Crippen LogP contribution < -0.4 is 4.90 Å². The molecule has 1 amide bonds. The van der Waals surface area contributed by atoms with Crippen molar-refractivity contribution in [1.29, 1.82) is 0 Å². The molecule has 0 N–H and O–H groups in total. The number of carbonyl (C=O) groups is 1. The van der Waals surface area contributed by atoms with Crippen molar-refractivity contribution in [2.75, 3.05) is 11.9 Å². The van der Waals surface area contributed by atoms with Crippen LogP contribution in [0, 0.1) is 0 Å². The molecule has 0 radical (unpaired) electrons. The summed E-state index contributed by atoms with van der Waals surface area (Å²) in [5, 5.41) is 0. The highest BCUT2D eigenvalue weighted by Crippen LogP contribution is 2.27. The topological polar surface area (TPSA) is 49.7 Å². The number of isocyanates is 1. The zero-order chi connectivity index (χ0) is 11.5. The SMILES string of the molecule is CN1C(=O)CCc2cc(CN=C=O)ccc21. The lowest BCUT2D eigenvalue weighted by Gasteiger charge is -2.25. The summed E-state index contributed by atoms with van der Waals surface area (Å²) in [6.45, 7) is 0.356. The molecule has 16 heavy (non-hydrogen) atoms. The van der Waals surface area contributed by atoms with Crippen LogP contribution in [-0.4, -0.2) is 19.0 Å². The predicted molar refractivity (Wildman–Crippen MR) is 60.0 cm³/mol. The van der Waals surface area contributed by atoms with E-state index < -0.39 is 0 Å². The Bertz CT molecular complexity index is 476. The number of amides is 1. The number of nitrogens with zero attached hydrogens (tertiary/aromatic N) is 2. The zero-order valence-electron chi connectivity index (χ0n) is 9.06. The van der Waals surface area contributed by atoms with E-state index in [9.17, 15) is 9.59 Å². The van der Waals surface area contributed by atoms with Crippen LogP contribution in [0.5, 0.6) is 0 Å². The summed E-state index contributed by atoms with van der Waals surface area (Å²) in [7, 11) is 1.78. The Morgan fingerprint density at radius 1 is 1.44 bits per heavy atom. The smallest absolute Gasteiger partial charge is 0.235 e. The number of benzene rings is 1. The van der Waals surface area contributed by atoms with Gasteiger partial charge in [-0.25, -0.2) is 9.79 Å². The third-order valence-electron chi connectivity index (χ3n) is 2.81. The molecule has 0 unspecified atom stereocenters. The molecular formula is C12H12N2O2. The van der Waals surface area contributed by atoms with E-state index in [1.54, 1.807) is 11.9 Å². The number of rotatable bonds is 2. The first-order chi connectivity index (χ1) is 7.72. The van der Waals surface area contributed by atoms with E-state index in [1.807, 2.05) is 18.2 Å². The van der Waals surface area contributed by atoms with Gasteiger partial charge < -0.3 is 4.90 Å². The van der Waals surface area contributed by atoms with Crippen molar-refractivity contribution >= 4 is 17.7 Å². The van der Waals surface area contributed by atoms with Crippen LogP contribution in [0.4, 0.5) is 5.69 Å². The third-order valence-corrected chi connectivity index (χ3v) is 2.81. The fraction of sp³-hybridized carbons (Fsp3) is 0.333. The van der Waals surface area contributed by atoms with Gasteiger partial charge in [0.05, 0.1) is 6.54 Å². The van der Waals surface area contributed by atoms with Crippen LogP contribution in [0.3, 0.4) is 0 Å². The lowest BCUT2D eigenvalue weighted by Crippen LogP contribution is -2.31. The third kappa shape index (κ3) is 1.88.